The summed E-state index contributed by atoms with van der Waals surface area (Å²) < 4.78 is 0. The van der Waals surface area contributed by atoms with Crippen molar-refractivity contribution in [2.45, 2.75) is 32.2 Å². The van der Waals surface area contributed by atoms with Gasteiger partial charge in [0.1, 0.15) is 6.04 Å². The smallest absolute Gasteiger partial charge is 0.247 e. The van der Waals surface area contributed by atoms with E-state index in [2.05, 4.69) is 5.32 Å². The molecule has 1 heterocycles. The molecule has 1 aliphatic heterocycles. The van der Waals surface area contributed by atoms with Crippen LogP contribution in [0.25, 0.3) is 0 Å². The number of allylic oxidation sites excluding steroid dienone is 2. The number of anilines is 1. The first-order chi connectivity index (χ1) is 14.1. The number of carbonyl (C=O) groups excluding carboxylic acids is 3. The van der Waals surface area contributed by atoms with Gasteiger partial charge in [-0.25, -0.2) is 0 Å². The lowest BCUT2D eigenvalue weighted by molar-refractivity contribution is -0.146. The number of hydrogen-bond acceptors (Lipinski definition) is 3. The molecular formula is C24H24N2O3. The van der Waals surface area contributed by atoms with Gasteiger partial charge in [-0.15, -0.1) is 0 Å². The molecule has 2 aliphatic rings. The summed E-state index contributed by atoms with van der Waals surface area (Å²) in [5.41, 5.74) is 2.83. The van der Waals surface area contributed by atoms with E-state index in [1.807, 2.05) is 66.7 Å². The molecule has 1 N–H and O–H groups in total. The van der Waals surface area contributed by atoms with Crippen molar-refractivity contribution in [3.8, 4) is 0 Å². The Morgan fingerprint density at radius 3 is 2.21 bits per heavy atom. The van der Waals surface area contributed by atoms with Crippen molar-refractivity contribution in [1.29, 1.82) is 0 Å². The molecule has 2 aromatic rings. The lowest BCUT2D eigenvalue weighted by Crippen LogP contribution is -2.46. The summed E-state index contributed by atoms with van der Waals surface area (Å²) in [4.78, 5) is 39.6. The molecule has 0 bridgehead atoms. The van der Waals surface area contributed by atoms with Crippen LogP contribution in [-0.4, -0.2) is 28.7 Å². The molecule has 2 aromatic carbocycles. The average Bonchev–Trinajstić information content (AvgIpc) is 3.00. The Kier molecular flexibility index (Phi) is 5.30. The quantitative estimate of drug-likeness (QED) is 0.629. The molecule has 4 rings (SSSR count). The van der Waals surface area contributed by atoms with Gasteiger partial charge in [0, 0.05) is 5.69 Å². The minimum atomic E-state index is -0.842. The molecule has 1 saturated heterocycles. The summed E-state index contributed by atoms with van der Waals surface area (Å²) in [6.45, 7) is 1.62. The molecule has 148 valence electrons. The molecule has 1 aliphatic carbocycles. The fraction of sp³-hybridized carbons (Fsp3) is 0.292. The number of para-hydroxylation sites is 1. The number of nitrogens with zero attached hydrogens (tertiary/aromatic N) is 1. The highest BCUT2D eigenvalue weighted by Crippen LogP contribution is 2.36. The third kappa shape index (κ3) is 3.73. The van der Waals surface area contributed by atoms with E-state index in [1.54, 1.807) is 6.92 Å². The Morgan fingerprint density at radius 1 is 0.966 bits per heavy atom. The van der Waals surface area contributed by atoms with Gasteiger partial charge in [-0.1, -0.05) is 60.7 Å². The minimum absolute atomic E-state index is 0.232. The lowest BCUT2D eigenvalue weighted by atomic mass is 9.85. The van der Waals surface area contributed by atoms with Gasteiger partial charge in [0.15, 0.2) is 0 Å². The van der Waals surface area contributed by atoms with Crippen molar-refractivity contribution in [3.63, 3.8) is 0 Å². The Labute approximate surface area is 170 Å². The lowest BCUT2D eigenvalue weighted by Gasteiger charge is -2.23. The topological polar surface area (TPSA) is 66.5 Å². The molecule has 0 spiro atoms. The van der Waals surface area contributed by atoms with Gasteiger partial charge in [0.25, 0.3) is 0 Å². The minimum Gasteiger partial charge on any atom is -0.324 e. The fourth-order valence-corrected chi connectivity index (χ4v) is 4.17. The second-order valence-electron chi connectivity index (χ2n) is 7.69. The second kappa shape index (κ2) is 8.03. The van der Waals surface area contributed by atoms with Crippen molar-refractivity contribution in [2.75, 3.05) is 5.32 Å². The Bertz CT molecular complexity index is 941. The van der Waals surface area contributed by atoms with E-state index in [4.69, 9.17) is 0 Å². The molecule has 5 heteroatoms. The number of rotatable bonds is 5. The Balaban J connectivity index is 1.50. The van der Waals surface area contributed by atoms with Crippen LogP contribution in [0.3, 0.4) is 0 Å². The molecule has 5 nitrogen and oxygen atoms in total. The number of nitrogens with one attached hydrogen (secondary N) is 1. The molecule has 0 saturated carbocycles. The number of fused-ring (bicyclic) bond motifs is 1. The monoisotopic (exact) mass is 388 g/mol. The van der Waals surface area contributed by atoms with E-state index in [0.29, 0.717) is 24.9 Å². The predicted molar refractivity (Wildman–Crippen MR) is 111 cm³/mol. The molecule has 29 heavy (non-hydrogen) atoms. The van der Waals surface area contributed by atoms with Gasteiger partial charge in [-0.05, 0) is 43.4 Å². The number of benzene rings is 2. The molecular weight excluding hydrogens is 364 g/mol. The third-order valence-corrected chi connectivity index (χ3v) is 5.82. The summed E-state index contributed by atoms with van der Waals surface area (Å²) >= 11 is 0. The van der Waals surface area contributed by atoms with Crippen LogP contribution in [0.1, 0.15) is 30.9 Å². The number of hydrogen-bond donors (Lipinski definition) is 1. The van der Waals surface area contributed by atoms with E-state index >= 15 is 0 Å². The van der Waals surface area contributed by atoms with Crippen molar-refractivity contribution in [2.24, 2.45) is 11.8 Å². The van der Waals surface area contributed by atoms with E-state index in [9.17, 15) is 14.4 Å². The summed E-state index contributed by atoms with van der Waals surface area (Å²) in [5.74, 6) is -1.46. The normalized spacial score (nSPS) is 21.8. The van der Waals surface area contributed by atoms with Crippen LogP contribution in [0.2, 0.25) is 0 Å². The molecule has 1 fully saturated rings. The van der Waals surface area contributed by atoms with E-state index in [-0.39, 0.29) is 29.6 Å². The van der Waals surface area contributed by atoms with Gasteiger partial charge in [0.05, 0.1) is 11.8 Å². The van der Waals surface area contributed by atoms with Crippen LogP contribution in [0.4, 0.5) is 5.69 Å². The van der Waals surface area contributed by atoms with Gasteiger partial charge in [-0.2, -0.15) is 0 Å². The molecule has 0 unspecified atom stereocenters. The van der Waals surface area contributed by atoms with Gasteiger partial charge in [0.2, 0.25) is 17.7 Å². The van der Waals surface area contributed by atoms with Crippen molar-refractivity contribution in [1.82, 2.24) is 4.90 Å². The maximum Gasteiger partial charge on any atom is 0.247 e. The van der Waals surface area contributed by atoms with Crippen molar-refractivity contribution in [3.05, 3.63) is 77.9 Å². The van der Waals surface area contributed by atoms with Crippen LogP contribution >= 0.6 is 0 Å². The Hall–Kier alpha value is -3.21. The summed E-state index contributed by atoms with van der Waals surface area (Å²) in [5, 5.41) is 2.93. The highest BCUT2D eigenvalue weighted by molar-refractivity contribution is 6.10. The average molecular weight is 388 g/mol. The van der Waals surface area contributed by atoms with E-state index < -0.39 is 6.04 Å². The highest BCUT2D eigenvalue weighted by Gasteiger charge is 2.50. The van der Waals surface area contributed by atoms with Gasteiger partial charge < -0.3 is 5.32 Å². The number of carbonyl (C=O) groups is 3. The zero-order valence-electron chi connectivity index (χ0n) is 16.4. The number of imide groups is 1. The molecule has 3 atom stereocenters. The summed E-state index contributed by atoms with van der Waals surface area (Å²) in [7, 11) is 0. The summed E-state index contributed by atoms with van der Waals surface area (Å²) in [6, 6.07) is 16.8. The summed E-state index contributed by atoms with van der Waals surface area (Å²) in [6.07, 6.45) is 5.71. The maximum absolute atomic E-state index is 12.9. The van der Waals surface area contributed by atoms with E-state index in [1.165, 1.54) is 0 Å². The predicted octanol–water partition coefficient (Wildman–Crippen LogP) is 3.56. The fourth-order valence-electron chi connectivity index (χ4n) is 4.17. The standard InChI is InChI=1S/C24H24N2O3/c1-16(26-23(28)19-12-6-7-13-20(19)24(26)29)22(27)25-21-14-8-5-11-18(21)15-17-9-3-2-4-10-17/h2-11,14,16,19-20H,12-13,15H2,1H3,(H,25,27)/t16-,19-,20-/m0/s1. The van der Waals surface area contributed by atoms with Crippen LogP contribution in [0, 0.1) is 11.8 Å². The zero-order chi connectivity index (χ0) is 20.4. The van der Waals surface area contributed by atoms with Crippen LogP contribution in [-0.2, 0) is 20.8 Å². The SMILES string of the molecule is C[C@@H](C(=O)Nc1ccccc1Cc1ccccc1)N1C(=O)[C@H]2CC=CC[C@@H]2C1=O. The van der Waals surface area contributed by atoms with Crippen LogP contribution < -0.4 is 5.32 Å². The first-order valence-corrected chi connectivity index (χ1v) is 10.0. The zero-order valence-corrected chi connectivity index (χ0v) is 16.4. The largest absolute Gasteiger partial charge is 0.324 e. The molecule has 0 radical (unpaired) electrons. The van der Waals surface area contributed by atoms with Crippen molar-refractivity contribution >= 4 is 23.4 Å². The van der Waals surface area contributed by atoms with Gasteiger partial charge in [-0.3, -0.25) is 19.3 Å². The third-order valence-electron chi connectivity index (χ3n) is 5.82. The second-order valence-corrected chi connectivity index (χ2v) is 7.69. The van der Waals surface area contributed by atoms with Crippen molar-refractivity contribution < 1.29 is 14.4 Å². The molecule has 0 aromatic heterocycles. The highest BCUT2D eigenvalue weighted by atomic mass is 16.2. The van der Waals surface area contributed by atoms with Gasteiger partial charge >= 0.3 is 0 Å². The number of amides is 3. The molecule has 3 amide bonds. The number of likely N-dealkylation sites (tertiary alicyclic amines) is 1. The maximum atomic E-state index is 12.9. The Morgan fingerprint density at radius 2 is 1.55 bits per heavy atom. The van der Waals surface area contributed by atoms with Crippen LogP contribution in [0.5, 0.6) is 0 Å². The van der Waals surface area contributed by atoms with Crippen LogP contribution in [0.15, 0.2) is 66.7 Å². The van der Waals surface area contributed by atoms with E-state index in [0.717, 1.165) is 16.0 Å². The first-order valence-electron chi connectivity index (χ1n) is 10.0. The first kappa shape index (κ1) is 19.1.